The molecule has 1 amide bonds. The number of rotatable bonds is 5. The average molecular weight is 458 g/mol. The molecule has 1 fully saturated rings. The fraction of sp³-hybridized carbons (Fsp3) is 0.346. The number of nitrogens with two attached hydrogens (primary N) is 2. The van der Waals surface area contributed by atoms with Gasteiger partial charge in [-0.1, -0.05) is 32.0 Å². The molecule has 0 bridgehead atoms. The molecule has 0 spiro atoms. The van der Waals surface area contributed by atoms with Crippen LogP contribution in [0.1, 0.15) is 49.7 Å². The molecule has 1 aliphatic rings. The molecule has 176 valence electrons. The van der Waals surface area contributed by atoms with E-state index in [4.69, 9.17) is 11.5 Å². The van der Waals surface area contributed by atoms with E-state index in [1.807, 2.05) is 60.4 Å². The molecule has 0 saturated heterocycles. The molecular weight excluding hydrogens is 426 g/mol. The standard InChI is InChI=1S/C26H31N7O/c1-16-19(13-30-33(16)18-8-6-5-7-9-18)17-12-21-23(20(24(27)34)14-29-32(21)15-17)31-22-10-11-26(4,28)25(22,2)3/h5-9,12-15,22,31H,10-11,28H2,1-4H3,(H2,27,34)/t22-,26+/m1/s1. The van der Waals surface area contributed by atoms with Crippen LogP contribution in [0.4, 0.5) is 5.69 Å². The minimum absolute atomic E-state index is 0.0905. The number of benzene rings is 1. The van der Waals surface area contributed by atoms with Gasteiger partial charge in [0, 0.05) is 40.0 Å². The lowest BCUT2D eigenvalue weighted by atomic mass is 9.75. The molecule has 8 nitrogen and oxygen atoms in total. The van der Waals surface area contributed by atoms with Crippen LogP contribution in [0.15, 0.2) is 55.0 Å². The molecule has 5 N–H and O–H groups in total. The Labute approximate surface area is 198 Å². The van der Waals surface area contributed by atoms with Crippen LogP contribution in [0.3, 0.4) is 0 Å². The van der Waals surface area contributed by atoms with Crippen molar-refractivity contribution in [2.45, 2.75) is 52.1 Å². The Morgan fingerprint density at radius 2 is 1.88 bits per heavy atom. The van der Waals surface area contributed by atoms with Crippen LogP contribution in [-0.4, -0.2) is 36.9 Å². The van der Waals surface area contributed by atoms with Gasteiger partial charge in [0.15, 0.2) is 0 Å². The van der Waals surface area contributed by atoms with Crippen molar-refractivity contribution in [2.24, 2.45) is 16.9 Å². The summed E-state index contributed by atoms with van der Waals surface area (Å²) in [7, 11) is 0. The van der Waals surface area contributed by atoms with Gasteiger partial charge >= 0.3 is 0 Å². The van der Waals surface area contributed by atoms with Crippen molar-refractivity contribution in [3.8, 4) is 16.8 Å². The van der Waals surface area contributed by atoms with Gasteiger partial charge in [-0.05, 0) is 44.9 Å². The van der Waals surface area contributed by atoms with E-state index in [-0.39, 0.29) is 17.0 Å². The monoisotopic (exact) mass is 457 g/mol. The van der Waals surface area contributed by atoms with Crippen LogP contribution in [-0.2, 0) is 0 Å². The summed E-state index contributed by atoms with van der Waals surface area (Å²) in [4.78, 5) is 12.3. The molecule has 0 unspecified atom stereocenters. The lowest BCUT2D eigenvalue weighted by molar-refractivity contribution is 0.100. The number of hydrogen-bond acceptors (Lipinski definition) is 5. The molecule has 2 atom stereocenters. The first-order valence-corrected chi connectivity index (χ1v) is 11.6. The van der Waals surface area contributed by atoms with Crippen LogP contribution in [0, 0.1) is 12.3 Å². The Morgan fingerprint density at radius 3 is 2.53 bits per heavy atom. The normalized spacial score (nSPS) is 21.7. The zero-order valence-electron chi connectivity index (χ0n) is 20.0. The predicted molar refractivity (Wildman–Crippen MR) is 134 cm³/mol. The molecule has 34 heavy (non-hydrogen) atoms. The van der Waals surface area contributed by atoms with Crippen molar-refractivity contribution in [3.63, 3.8) is 0 Å². The molecular formula is C26H31N7O. The van der Waals surface area contributed by atoms with Crippen molar-refractivity contribution in [1.82, 2.24) is 19.4 Å². The zero-order valence-corrected chi connectivity index (χ0v) is 20.0. The molecule has 0 radical (unpaired) electrons. The van der Waals surface area contributed by atoms with E-state index in [9.17, 15) is 4.79 Å². The van der Waals surface area contributed by atoms with Crippen molar-refractivity contribution in [3.05, 3.63) is 66.2 Å². The van der Waals surface area contributed by atoms with E-state index >= 15 is 0 Å². The largest absolute Gasteiger partial charge is 0.379 e. The summed E-state index contributed by atoms with van der Waals surface area (Å²) in [5.74, 6) is -0.514. The number of para-hydroxylation sites is 1. The quantitative estimate of drug-likeness (QED) is 0.420. The van der Waals surface area contributed by atoms with Gasteiger partial charge in [0.1, 0.15) is 0 Å². The predicted octanol–water partition coefficient (Wildman–Crippen LogP) is 3.91. The van der Waals surface area contributed by atoms with Gasteiger partial charge in [-0.2, -0.15) is 10.2 Å². The molecule has 3 heterocycles. The zero-order chi connectivity index (χ0) is 24.3. The molecule has 4 aromatic rings. The highest BCUT2D eigenvalue weighted by atomic mass is 16.1. The lowest BCUT2D eigenvalue weighted by Gasteiger charge is -2.39. The number of anilines is 1. The van der Waals surface area contributed by atoms with E-state index in [1.54, 1.807) is 4.52 Å². The maximum atomic E-state index is 12.3. The number of amides is 1. The molecule has 1 aliphatic carbocycles. The summed E-state index contributed by atoms with van der Waals surface area (Å²) in [5, 5.41) is 12.7. The minimum atomic E-state index is -0.514. The van der Waals surface area contributed by atoms with E-state index in [0.29, 0.717) is 11.3 Å². The van der Waals surface area contributed by atoms with Gasteiger partial charge in [0.05, 0.1) is 34.8 Å². The Bertz CT molecular complexity index is 1380. The maximum Gasteiger partial charge on any atom is 0.252 e. The number of carbonyl (C=O) groups excluding carboxylic acids is 1. The van der Waals surface area contributed by atoms with Gasteiger partial charge in [0.2, 0.25) is 0 Å². The van der Waals surface area contributed by atoms with Gasteiger partial charge < -0.3 is 16.8 Å². The third-order valence-electron chi connectivity index (χ3n) is 7.84. The van der Waals surface area contributed by atoms with Crippen LogP contribution in [0.5, 0.6) is 0 Å². The fourth-order valence-electron chi connectivity index (χ4n) is 5.02. The molecule has 0 aliphatic heterocycles. The van der Waals surface area contributed by atoms with Gasteiger partial charge in [-0.15, -0.1) is 0 Å². The van der Waals surface area contributed by atoms with Crippen LogP contribution in [0.2, 0.25) is 0 Å². The Morgan fingerprint density at radius 1 is 1.15 bits per heavy atom. The lowest BCUT2D eigenvalue weighted by Crippen LogP contribution is -2.51. The number of primary amides is 1. The summed E-state index contributed by atoms with van der Waals surface area (Å²) in [6.07, 6.45) is 7.15. The van der Waals surface area contributed by atoms with Crippen molar-refractivity contribution < 1.29 is 4.79 Å². The van der Waals surface area contributed by atoms with Crippen molar-refractivity contribution >= 4 is 17.1 Å². The first-order valence-electron chi connectivity index (χ1n) is 11.6. The number of nitrogens with one attached hydrogen (secondary N) is 1. The third kappa shape index (κ3) is 3.37. The minimum Gasteiger partial charge on any atom is -0.379 e. The Balaban J connectivity index is 1.60. The summed E-state index contributed by atoms with van der Waals surface area (Å²) in [5.41, 5.74) is 17.7. The smallest absolute Gasteiger partial charge is 0.252 e. The molecule has 1 aromatic carbocycles. The van der Waals surface area contributed by atoms with E-state index in [1.165, 1.54) is 6.20 Å². The summed E-state index contributed by atoms with van der Waals surface area (Å²) < 4.78 is 3.70. The second-order valence-electron chi connectivity index (χ2n) is 10.1. The van der Waals surface area contributed by atoms with Gasteiger partial charge in [-0.25, -0.2) is 9.20 Å². The molecule has 8 heteroatoms. The topological polar surface area (TPSA) is 116 Å². The molecule has 3 aromatic heterocycles. The highest BCUT2D eigenvalue weighted by Crippen LogP contribution is 2.46. The third-order valence-corrected chi connectivity index (χ3v) is 7.84. The number of hydrogen-bond donors (Lipinski definition) is 3. The summed E-state index contributed by atoms with van der Waals surface area (Å²) in [6, 6.07) is 12.1. The van der Waals surface area contributed by atoms with Gasteiger partial charge in [0.25, 0.3) is 5.91 Å². The Kier molecular flexibility index (Phi) is 5.02. The van der Waals surface area contributed by atoms with Crippen LogP contribution < -0.4 is 16.8 Å². The number of carbonyl (C=O) groups is 1. The number of fused-ring (bicyclic) bond motifs is 1. The second kappa shape index (κ2) is 7.70. The second-order valence-corrected chi connectivity index (χ2v) is 10.1. The first kappa shape index (κ1) is 22.2. The van der Waals surface area contributed by atoms with E-state index in [2.05, 4.69) is 36.3 Å². The first-order chi connectivity index (χ1) is 16.1. The highest BCUT2D eigenvalue weighted by molar-refractivity contribution is 6.02. The number of nitrogens with zero attached hydrogens (tertiary/aromatic N) is 4. The molecule has 1 saturated carbocycles. The average Bonchev–Trinajstić information content (AvgIpc) is 3.44. The summed E-state index contributed by atoms with van der Waals surface area (Å²) in [6.45, 7) is 8.48. The maximum absolute atomic E-state index is 12.3. The van der Waals surface area contributed by atoms with Crippen LogP contribution in [0.25, 0.3) is 22.3 Å². The van der Waals surface area contributed by atoms with Crippen LogP contribution >= 0.6 is 0 Å². The number of aromatic nitrogens is 4. The summed E-state index contributed by atoms with van der Waals surface area (Å²) >= 11 is 0. The van der Waals surface area contributed by atoms with Crippen molar-refractivity contribution in [1.29, 1.82) is 0 Å². The SMILES string of the molecule is Cc1c(-c2cc3c(N[C@@H]4CC[C@](C)(N)C4(C)C)c(C(N)=O)cnn3c2)cnn1-c1ccccc1. The van der Waals surface area contributed by atoms with E-state index < -0.39 is 5.91 Å². The van der Waals surface area contributed by atoms with Crippen molar-refractivity contribution in [2.75, 3.05) is 5.32 Å². The Hall–Kier alpha value is -3.65. The highest BCUT2D eigenvalue weighted by Gasteiger charge is 2.49. The molecule has 5 rings (SSSR count). The fourth-order valence-corrected chi connectivity index (χ4v) is 5.02. The van der Waals surface area contributed by atoms with E-state index in [0.717, 1.165) is 40.9 Å². The van der Waals surface area contributed by atoms with Gasteiger partial charge in [-0.3, -0.25) is 4.79 Å².